The van der Waals surface area contributed by atoms with Crippen molar-refractivity contribution in [3.63, 3.8) is 0 Å². The number of aromatic nitrogens is 2. The number of alkyl halides is 1. The van der Waals surface area contributed by atoms with Crippen LogP contribution in [0.15, 0.2) is 36.7 Å². The van der Waals surface area contributed by atoms with Crippen LogP contribution in [0.5, 0.6) is 0 Å². The van der Waals surface area contributed by atoms with Crippen LogP contribution < -0.4 is 10.6 Å². The fourth-order valence-electron chi connectivity index (χ4n) is 3.63. The Morgan fingerprint density at radius 2 is 2.03 bits per heavy atom. The third-order valence-electron chi connectivity index (χ3n) is 5.03. The van der Waals surface area contributed by atoms with Crippen LogP contribution in [0.1, 0.15) is 22.3 Å². The van der Waals surface area contributed by atoms with E-state index in [4.69, 9.17) is 0 Å². The van der Waals surface area contributed by atoms with E-state index in [2.05, 4.69) is 15.6 Å². The minimum Gasteiger partial charge on any atom is -0.346 e. The molecule has 2 unspecified atom stereocenters. The number of halogens is 4. The SMILES string of the molecule is O=C(NC1CCNCC1F)c1cn(Cc2ccnc(F)c2)c2c(F)ccc(F)c12. The number of nitrogens with zero attached hydrogens (tertiary/aromatic N) is 2. The Kier molecular flexibility index (Phi) is 5.23. The minimum absolute atomic E-state index is 0.00266. The van der Waals surface area contributed by atoms with Crippen molar-refractivity contribution in [3.8, 4) is 0 Å². The van der Waals surface area contributed by atoms with Gasteiger partial charge in [-0.3, -0.25) is 4.79 Å². The van der Waals surface area contributed by atoms with Gasteiger partial charge in [0.2, 0.25) is 5.95 Å². The number of fused-ring (bicyclic) bond motifs is 1. The van der Waals surface area contributed by atoms with Crippen LogP contribution >= 0.6 is 0 Å². The smallest absolute Gasteiger partial charge is 0.253 e. The third kappa shape index (κ3) is 3.82. The van der Waals surface area contributed by atoms with Crippen LogP contribution in [0.25, 0.3) is 10.9 Å². The molecule has 3 heterocycles. The Balaban J connectivity index is 1.74. The molecule has 2 aromatic heterocycles. The van der Waals surface area contributed by atoms with E-state index in [-0.39, 0.29) is 29.6 Å². The van der Waals surface area contributed by atoms with E-state index in [1.54, 1.807) is 0 Å². The quantitative estimate of drug-likeness (QED) is 0.518. The van der Waals surface area contributed by atoms with Crippen LogP contribution in [-0.2, 0) is 6.54 Å². The molecule has 1 amide bonds. The first-order chi connectivity index (χ1) is 13.9. The lowest BCUT2D eigenvalue weighted by Crippen LogP contribution is -2.50. The fourth-order valence-corrected chi connectivity index (χ4v) is 3.63. The molecule has 1 aromatic carbocycles. The summed E-state index contributed by atoms with van der Waals surface area (Å²) in [7, 11) is 0. The summed E-state index contributed by atoms with van der Waals surface area (Å²) in [6.45, 7) is 0.662. The Hall–Kier alpha value is -2.94. The number of amides is 1. The number of benzene rings is 1. The molecule has 1 aliphatic rings. The highest BCUT2D eigenvalue weighted by atomic mass is 19.1. The van der Waals surface area contributed by atoms with Crippen molar-refractivity contribution in [2.45, 2.75) is 25.2 Å². The third-order valence-corrected chi connectivity index (χ3v) is 5.03. The van der Waals surface area contributed by atoms with E-state index in [0.29, 0.717) is 18.5 Å². The zero-order valence-corrected chi connectivity index (χ0v) is 15.3. The molecule has 1 aliphatic heterocycles. The van der Waals surface area contributed by atoms with Gasteiger partial charge in [-0.2, -0.15) is 4.39 Å². The maximum absolute atomic E-state index is 14.5. The summed E-state index contributed by atoms with van der Waals surface area (Å²) in [5.74, 6) is -2.88. The number of nitrogens with one attached hydrogen (secondary N) is 2. The van der Waals surface area contributed by atoms with E-state index in [1.165, 1.54) is 29.1 Å². The Bertz CT molecular complexity index is 1070. The van der Waals surface area contributed by atoms with Crippen LogP contribution in [0.4, 0.5) is 17.6 Å². The predicted octanol–water partition coefficient (Wildman–Crippen LogP) is 2.93. The highest BCUT2D eigenvalue weighted by Gasteiger charge is 2.28. The minimum atomic E-state index is -1.28. The first kappa shape index (κ1) is 19.4. The van der Waals surface area contributed by atoms with Crippen LogP contribution in [0.2, 0.25) is 0 Å². The van der Waals surface area contributed by atoms with E-state index in [1.807, 2.05) is 0 Å². The van der Waals surface area contributed by atoms with Gasteiger partial charge in [0, 0.05) is 25.5 Å². The van der Waals surface area contributed by atoms with Gasteiger partial charge < -0.3 is 15.2 Å². The second-order valence-corrected chi connectivity index (χ2v) is 7.00. The van der Waals surface area contributed by atoms with Gasteiger partial charge in [0.1, 0.15) is 17.8 Å². The van der Waals surface area contributed by atoms with Gasteiger partial charge in [0.05, 0.1) is 22.5 Å². The van der Waals surface area contributed by atoms with Crippen molar-refractivity contribution in [2.24, 2.45) is 0 Å². The van der Waals surface area contributed by atoms with Gasteiger partial charge in [0.15, 0.2) is 0 Å². The molecule has 0 spiro atoms. The number of rotatable bonds is 4. The van der Waals surface area contributed by atoms with Gasteiger partial charge in [-0.25, -0.2) is 18.2 Å². The van der Waals surface area contributed by atoms with Crippen molar-refractivity contribution in [2.75, 3.05) is 13.1 Å². The molecule has 1 saturated heterocycles. The van der Waals surface area contributed by atoms with Gasteiger partial charge in [0.25, 0.3) is 5.91 Å². The highest BCUT2D eigenvalue weighted by molar-refractivity contribution is 6.07. The molecule has 152 valence electrons. The van der Waals surface area contributed by atoms with Crippen LogP contribution in [0.3, 0.4) is 0 Å². The molecule has 4 rings (SSSR count). The van der Waals surface area contributed by atoms with Crippen molar-refractivity contribution in [3.05, 3.63) is 65.4 Å². The van der Waals surface area contributed by atoms with Crippen LogP contribution in [-0.4, -0.2) is 40.8 Å². The largest absolute Gasteiger partial charge is 0.346 e. The number of pyridine rings is 1. The fraction of sp³-hybridized carbons (Fsp3) is 0.300. The molecule has 0 aliphatic carbocycles. The van der Waals surface area contributed by atoms with Crippen molar-refractivity contribution < 1.29 is 22.4 Å². The van der Waals surface area contributed by atoms with Crippen LogP contribution in [0, 0.1) is 17.6 Å². The molecule has 1 fully saturated rings. The second kappa shape index (κ2) is 7.82. The maximum atomic E-state index is 14.5. The Morgan fingerprint density at radius 1 is 1.24 bits per heavy atom. The lowest BCUT2D eigenvalue weighted by Gasteiger charge is -2.27. The van der Waals surface area contributed by atoms with Gasteiger partial charge in [-0.15, -0.1) is 0 Å². The lowest BCUT2D eigenvalue weighted by molar-refractivity contribution is 0.0893. The molecular formula is C20H18F4N4O. The van der Waals surface area contributed by atoms with Crippen molar-refractivity contribution in [1.29, 1.82) is 0 Å². The molecule has 0 bridgehead atoms. The summed E-state index contributed by atoms with van der Waals surface area (Å²) in [6, 6.07) is 3.90. The lowest BCUT2D eigenvalue weighted by atomic mass is 10.0. The summed E-state index contributed by atoms with van der Waals surface area (Å²) in [5, 5.41) is 5.27. The van der Waals surface area contributed by atoms with Gasteiger partial charge in [-0.1, -0.05) is 0 Å². The zero-order chi connectivity index (χ0) is 20.5. The number of piperidine rings is 1. The first-order valence-electron chi connectivity index (χ1n) is 9.17. The highest BCUT2D eigenvalue weighted by Crippen LogP contribution is 2.28. The topological polar surface area (TPSA) is 59.0 Å². The van der Waals surface area contributed by atoms with Crippen molar-refractivity contribution >= 4 is 16.8 Å². The summed E-state index contributed by atoms with van der Waals surface area (Å²) in [4.78, 5) is 16.3. The monoisotopic (exact) mass is 406 g/mol. The number of carbonyl (C=O) groups is 1. The zero-order valence-electron chi connectivity index (χ0n) is 15.3. The molecule has 5 nitrogen and oxygen atoms in total. The first-order valence-corrected chi connectivity index (χ1v) is 9.17. The summed E-state index contributed by atoms with van der Waals surface area (Å²) < 4.78 is 57.9. The number of hydrogen-bond donors (Lipinski definition) is 2. The number of hydrogen-bond acceptors (Lipinski definition) is 3. The molecular weight excluding hydrogens is 388 g/mol. The molecule has 2 atom stereocenters. The molecule has 29 heavy (non-hydrogen) atoms. The average Bonchev–Trinajstić information content (AvgIpc) is 3.07. The molecule has 0 radical (unpaired) electrons. The Labute approximate surface area is 163 Å². The molecule has 3 aromatic rings. The van der Waals surface area contributed by atoms with Gasteiger partial charge >= 0.3 is 0 Å². The standard InChI is InChI=1S/C20H18F4N4O/c21-13-1-2-14(22)19-18(13)12(20(29)27-16-4-5-25-8-15(16)23)10-28(19)9-11-3-6-26-17(24)7-11/h1-3,6-7,10,15-16,25H,4-5,8-9H2,(H,27,29). The molecule has 9 heteroatoms. The molecule has 2 N–H and O–H groups in total. The van der Waals surface area contributed by atoms with E-state index >= 15 is 0 Å². The Morgan fingerprint density at radius 3 is 2.79 bits per heavy atom. The molecule has 0 saturated carbocycles. The van der Waals surface area contributed by atoms with E-state index in [9.17, 15) is 22.4 Å². The van der Waals surface area contributed by atoms with E-state index in [0.717, 1.165) is 12.1 Å². The van der Waals surface area contributed by atoms with E-state index < -0.39 is 35.7 Å². The normalized spacial score (nSPS) is 19.4. The average molecular weight is 406 g/mol. The van der Waals surface area contributed by atoms with Gasteiger partial charge in [-0.05, 0) is 42.8 Å². The summed E-state index contributed by atoms with van der Waals surface area (Å²) in [5.41, 5.74) is 0.249. The summed E-state index contributed by atoms with van der Waals surface area (Å²) in [6.07, 6.45) is 1.68. The maximum Gasteiger partial charge on any atom is 0.253 e. The predicted molar refractivity (Wildman–Crippen MR) is 98.8 cm³/mol. The summed E-state index contributed by atoms with van der Waals surface area (Å²) >= 11 is 0. The number of carbonyl (C=O) groups excluding carboxylic acids is 1. The van der Waals surface area contributed by atoms with Crippen molar-refractivity contribution in [1.82, 2.24) is 20.2 Å². The second-order valence-electron chi connectivity index (χ2n) is 7.00.